The van der Waals surface area contributed by atoms with E-state index >= 15 is 0 Å². The van der Waals surface area contributed by atoms with Crippen molar-refractivity contribution in [1.82, 2.24) is 9.97 Å². The van der Waals surface area contributed by atoms with Gasteiger partial charge in [-0.2, -0.15) is 0 Å². The normalized spacial score (nSPS) is 10.7. The Kier molecular flexibility index (Phi) is 4.12. The molecule has 6 nitrogen and oxygen atoms in total. The first kappa shape index (κ1) is 15.9. The van der Waals surface area contributed by atoms with Crippen LogP contribution in [0.4, 0.5) is 11.6 Å². The van der Waals surface area contributed by atoms with Gasteiger partial charge in [0.15, 0.2) is 11.5 Å². The molecule has 1 aromatic heterocycles. The number of ether oxygens (including phenoxy) is 2. The molecule has 6 heteroatoms. The van der Waals surface area contributed by atoms with Crippen LogP contribution in [0.2, 0.25) is 0 Å². The van der Waals surface area contributed by atoms with Gasteiger partial charge in [-0.25, -0.2) is 9.97 Å². The molecule has 24 heavy (non-hydrogen) atoms. The standard InChI is InChI=1S/C18H20N4O2/c1-22(2)18-20-14-10-16(24-4)15(23-3)9-13(14)17(21-18)11-6-5-7-12(19)8-11/h5-10H,19H2,1-4H3. The summed E-state index contributed by atoms with van der Waals surface area (Å²) >= 11 is 0. The van der Waals surface area contributed by atoms with E-state index in [0.717, 1.165) is 22.2 Å². The zero-order chi connectivity index (χ0) is 17.3. The molecule has 2 aromatic carbocycles. The van der Waals surface area contributed by atoms with Crippen molar-refractivity contribution < 1.29 is 9.47 Å². The quantitative estimate of drug-likeness (QED) is 0.744. The summed E-state index contributed by atoms with van der Waals surface area (Å²) < 4.78 is 10.8. The van der Waals surface area contributed by atoms with Gasteiger partial charge in [0.25, 0.3) is 0 Å². The van der Waals surface area contributed by atoms with Gasteiger partial charge < -0.3 is 20.1 Å². The molecule has 3 aromatic rings. The zero-order valence-electron chi connectivity index (χ0n) is 14.2. The monoisotopic (exact) mass is 324 g/mol. The van der Waals surface area contributed by atoms with Gasteiger partial charge >= 0.3 is 0 Å². The van der Waals surface area contributed by atoms with E-state index in [-0.39, 0.29) is 0 Å². The Hall–Kier alpha value is -3.02. The number of methoxy groups -OCH3 is 2. The minimum atomic E-state index is 0.618. The SMILES string of the molecule is COc1cc2nc(N(C)C)nc(-c3cccc(N)c3)c2cc1OC. The molecule has 2 N–H and O–H groups in total. The van der Waals surface area contributed by atoms with E-state index in [4.69, 9.17) is 20.2 Å². The fourth-order valence-electron chi connectivity index (χ4n) is 2.55. The minimum absolute atomic E-state index is 0.618. The molecular weight excluding hydrogens is 304 g/mol. The summed E-state index contributed by atoms with van der Waals surface area (Å²) in [4.78, 5) is 11.2. The lowest BCUT2D eigenvalue weighted by molar-refractivity contribution is 0.356. The third kappa shape index (κ3) is 2.78. The van der Waals surface area contributed by atoms with E-state index in [1.54, 1.807) is 14.2 Å². The maximum atomic E-state index is 5.94. The van der Waals surface area contributed by atoms with Crippen molar-refractivity contribution >= 4 is 22.5 Å². The van der Waals surface area contributed by atoms with E-state index in [0.29, 0.717) is 23.1 Å². The molecule has 124 valence electrons. The topological polar surface area (TPSA) is 73.5 Å². The predicted octanol–water partition coefficient (Wildman–Crippen LogP) is 2.96. The zero-order valence-corrected chi connectivity index (χ0v) is 14.2. The van der Waals surface area contributed by atoms with Crippen LogP contribution in [-0.4, -0.2) is 38.3 Å². The lowest BCUT2D eigenvalue weighted by Crippen LogP contribution is -2.13. The number of rotatable bonds is 4. The third-order valence-corrected chi connectivity index (χ3v) is 3.75. The van der Waals surface area contributed by atoms with E-state index in [1.165, 1.54) is 0 Å². The van der Waals surface area contributed by atoms with Crippen LogP contribution in [0.3, 0.4) is 0 Å². The molecule has 1 heterocycles. The summed E-state index contributed by atoms with van der Waals surface area (Å²) in [6.45, 7) is 0. The molecule has 0 fully saturated rings. The molecule has 0 aliphatic heterocycles. The van der Waals surface area contributed by atoms with Crippen molar-refractivity contribution in [2.24, 2.45) is 0 Å². The number of fused-ring (bicyclic) bond motifs is 1. The van der Waals surface area contributed by atoms with Crippen molar-refractivity contribution in [3.8, 4) is 22.8 Å². The number of anilines is 2. The molecule has 0 saturated carbocycles. The highest BCUT2D eigenvalue weighted by atomic mass is 16.5. The Morgan fingerprint density at radius 2 is 1.67 bits per heavy atom. The average molecular weight is 324 g/mol. The van der Waals surface area contributed by atoms with Gasteiger partial charge in [0.2, 0.25) is 5.95 Å². The van der Waals surface area contributed by atoms with Gasteiger partial charge in [0.05, 0.1) is 25.4 Å². The molecule has 0 aliphatic rings. The van der Waals surface area contributed by atoms with Crippen molar-refractivity contribution in [2.45, 2.75) is 0 Å². The number of aromatic nitrogens is 2. The second kappa shape index (κ2) is 6.23. The smallest absolute Gasteiger partial charge is 0.225 e. The summed E-state index contributed by atoms with van der Waals surface area (Å²) in [6, 6.07) is 11.4. The second-order valence-corrected chi connectivity index (χ2v) is 5.62. The molecule has 0 unspecified atom stereocenters. The highest BCUT2D eigenvalue weighted by Gasteiger charge is 2.15. The van der Waals surface area contributed by atoms with E-state index in [2.05, 4.69) is 4.98 Å². The number of nitrogen functional groups attached to an aromatic ring is 1. The number of benzene rings is 2. The van der Waals surface area contributed by atoms with Crippen LogP contribution in [0.5, 0.6) is 11.5 Å². The summed E-state index contributed by atoms with van der Waals surface area (Å²) in [7, 11) is 7.03. The Balaban J connectivity index is 2.36. The van der Waals surface area contributed by atoms with Crippen LogP contribution < -0.4 is 20.1 Å². The molecule has 0 radical (unpaired) electrons. The number of nitrogens with zero attached hydrogens (tertiary/aromatic N) is 3. The van der Waals surface area contributed by atoms with Gasteiger partial charge in [0.1, 0.15) is 0 Å². The summed E-state index contributed by atoms with van der Waals surface area (Å²) in [5, 5.41) is 0.879. The molecule has 0 aliphatic carbocycles. The van der Waals surface area contributed by atoms with Gasteiger partial charge in [-0.3, -0.25) is 0 Å². The summed E-state index contributed by atoms with van der Waals surface area (Å²) in [5.41, 5.74) is 9.14. The molecular formula is C18H20N4O2. The lowest BCUT2D eigenvalue weighted by Gasteiger charge is -2.16. The minimum Gasteiger partial charge on any atom is -0.493 e. The van der Waals surface area contributed by atoms with Crippen LogP contribution in [0.15, 0.2) is 36.4 Å². The average Bonchev–Trinajstić information content (AvgIpc) is 2.59. The van der Waals surface area contributed by atoms with E-state index in [9.17, 15) is 0 Å². The first-order valence-electron chi connectivity index (χ1n) is 7.50. The molecule has 0 saturated heterocycles. The Morgan fingerprint density at radius 3 is 2.29 bits per heavy atom. The largest absolute Gasteiger partial charge is 0.493 e. The van der Waals surface area contributed by atoms with Crippen LogP contribution >= 0.6 is 0 Å². The first-order valence-corrected chi connectivity index (χ1v) is 7.50. The molecule has 0 bridgehead atoms. The van der Waals surface area contributed by atoms with Gasteiger partial charge in [-0.05, 0) is 18.2 Å². The van der Waals surface area contributed by atoms with Crippen molar-refractivity contribution in [3.63, 3.8) is 0 Å². The predicted molar refractivity (Wildman–Crippen MR) is 96.8 cm³/mol. The lowest BCUT2D eigenvalue weighted by atomic mass is 10.1. The van der Waals surface area contributed by atoms with Crippen LogP contribution in [0.1, 0.15) is 0 Å². The van der Waals surface area contributed by atoms with Crippen molar-refractivity contribution in [2.75, 3.05) is 38.9 Å². The Labute approximate surface area is 140 Å². The highest BCUT2D eigenvalue weighted by molar-refractivity contribution is 5.95. The Bertz CT molecular complexity index is 894. The summed E-state index contributed by atoms with van der Waals surface area (Å²) in [6.07, 6.45) is 0. The van der Waals surface area contributed by atoms with Crippen molar-refractivity contribution in [1.29, 1.82) is 0 Å². The number of hydrogen-bond donors (Lipinski definition) is 1. The molecule has 0 amide bonds. The maximum absolute atomic E-state index is 5.94. The maximum Gasteiger partial charge on any atom is 0.225 e. The van der Waals surface area contributed by atoms with Gasteiger partial charge in [-0.1, -0.05) is 12.1 Å². The number of hydrogen-bond acceptors (Lipinski definition) is 6. The van der Waals surface area contributed by atoms with Gasteiger partial charge in [0, 0.05) is 36.8 Å². The van der Waals surface area contributed by atoms with Crippen LogP contribution in [-0.2, 0) is 0 Å². The van der Waals surface area contributed by atoms with Gasteiger partial charge in [-0.15, -0.1) is 0 Å². The third-order valence-electron chi connectivity index (χ3n) is 3.75. The molecule has 0 spiro atoms. The fraction of sp³-hybridized carbons (Fsp3) is 0.222. The fourth-order valence-corrected chi connectivity index (χ4v) is 2.55. The molecule has 0 atom stereocenters. The van der Waals surface area contributed by atoms with E-state index in [1.807, 2.05) is 55.4 Å². The van der Waals surface area contributed by atoms with E-state index < -0.39 is 0 Å². The van der Waals surface area contributed by atoms with Crippen molar-refractivity contribution in [3.05, 3.63) is 36.4 Å². The van der Waals surface area contributed by atoms with Crippen LogP contribution in [0.25, 0.3) is 22.2 Å². The second-order valence-electron chi connectivity index (χ2n) is 5.62. The highest BCUT2D eigenvalue weighted by Crippen LogP contribution is 2.36. The molecule has 3 rings (SSSR count). The summed E-state index contributed by atoms with van der Waals surface area (Å²) in [5.74, 6) is 1.88. The Morgan fingerprint density at radius 1 is 0.958 bits per heavy atom. The van der Waals surface area contributed by atoms with Crippen LogP contribution in [0, 0.1) is 0 Å². The first-order chi connectivity index (χ1) is 11.5. The number of nitrogens with two attached hydrogens (primary N) is 1.